The van der Waals surface area contributed by atoms with Crippen molar-refractivity contribution in [3.63, 3.8) is 0 Å². The summed E-state index contributed by atoms with van der Waals surface area (Å²) in [6.07, 6.45) is 1.50. The monoisotopic (exact) mass is 238 g/mol. The van der Waals surface area contributed by atoms with Gasteiger partial charge in [0.05, 0.1) is 11.5 Å². The van der Waals surface area contributed by atoms with Crippen molar-refractivity contribution in [1.82, 2.24) is 0 Å². The number of aliphatic hydroxyl groups excluding tert-OH is 1. The SMILES string of the molecule is C[C@]1([C@H](O)c2ccc(Cl)cc2)CCCC1=O. The molecule has 1 saturated carbocycles. The lowest BCUT2D eigenvalue weighted by molar-refractivity contribution is -0.131. The second-order valence-electron chi connectivity index (χ2n) is 4.65. The molecule has 1 aromatic carbocycles. The first-order valence-electron chi connectivity index (χ1n) is 5.51. The Kier molecular flexibility index (Phi) is 3.04. The van der Waals surface area contributed by atoms with Crippen LogP contribution in [0.3, 0.4) is 0 Å². The molecule has 0 bridgehead atoms. The summed E-state index contributed by atoms with van der Waals surface area (Å²) in [5, 5.41) is 10.9. The highest BCUT2D eigenvalue weighted by atomic mass is 35.5. The van der Waals surface area contributed by atoms with Gasteiger partial charge in [-0.15, -0.1) is 0 Å². The smallest absolute Gasteiger partial charge is 0.141 e. The largest absolute Gasteiger partial charge is 0.387 e. The van der Waals surface area contributed by atoms with E-state index in [4.69, 9.17) is 11.6 Å². The Bertz CT molecular complexity index is 399. The molecule has 1 N–H and O–H groups in total. The van der Waals surface area contributed by atoms with Gasteiger partial charge >= 0.3 is 0 Å². The van der Waals surface area contributed by atoms with Crippen molar-refractivity contribution in [1.29, 1.82) is 0 Å². The van der Waals surface area contributed by atoms with Gasteiger partial charge in [-0.25, -0.2) is 0 Å². The van der Waals surface area contributed by atoms with Gasteiger partial charge in [-0.1, -0.05) is 23.7 Å². The van der Waals surface area contributed by atoms with Crippen LogP contribution in [0.4, 0.5) is 0 Å². The zero-order valence-corrected chi connectivity index (χ0v) is 10.00. The molecule has 0 radical (unpaired) electrons. The molecule has 0 spiro atoms. The van der Waals surface area contributed by atoms with Crippen LogP contribution in [0.5, 0.6) is 0 Å². The van der Waals surface area contributed by atoms with Crippen molar-refractivity contribution in [3.05, 3.63) is 34.9 Å². The molecule has 1 aromatic rings. The zero-order chi connectivity index (χ0) is 11.8. The van der Waals surface area contributed by atoms with E-state index in [1.165, 1.54) is 0 Å². The van der Waals surface area contributed by atoms with E-state index < -0.39 is 11.5 Å². The summed E-state index contributed by atoms with van der Waals surface area (Å²) < 4.78 is 0. The third-order valence-electron chi connectivity index (χ3n) is 3.53. The number of benzene rings is 1. The van der Waals surface area contributed by atoms with E-state index in [0.717, 1.165) is 18.4 Å². The summed E-state index contributed by atoms with van der Waals surface area (Å²) >= 11 is 5.79. The summed E-state index contributed by atoms with van der Waals surface area (Å²) in [7, 11) is 0. The number of carbonyl (C=O) groups is 1. The Hall–Kier alpha value is -0.860. The van der Waals surface area contributed by atoms with Gasteiger partial charge < -0.3 is 5.11 Å². The average Bonchev–Trinajstić information content (AvgIpc) is 2.61. The van der Waals surface area contributed by atoms with E-state index in [9.17, 15) is 9.90 Å². The van der Waals surface area contributed by atoms with Crippen LogP contribution >= 0.6 is 11.6 Å². The maximum absolute atomic E-state index is 11.8. The Morgan fingerprint density at radius 1 is 1.38 bits per heavy atom. The number of halogens is 1. The molecule has 16 heavy (non-hydrogen) atoms. The van der Waals surface area contributed by atoms with Crippen LogP contribution < -0.4 is 0 Å². The van der Waals surface area contributed by atoms with E-state index in [0.29, 0.717) is 11.4 Å². The predicted molar refractivity (Wildman–Crippen MR) is 63.4 cm³/mol. The number of carbonyl (C=O) groups excluding carboxylic acids is 1. The average molecular weight is 239 g/mol. The van der Waals surface area contributed by atoms with Crippen molar-refractivity contribution in [2.45, 2.75) is 32.3 Å². The molecule has 2 rings (SSSR count). The van der Waals surface area contributed by atoms with Gasteiger partial charge in [-0.3, -0.25) is 4.79 Å². The lowest BCUT2D eigenvalue weighted by Gasteiger charge is -2.28. The molecular formula is C13H15ClO2. The predicted octanol–water partition coefficient (Wildman–Crippen LogP) is 3.13. The molecular weight excluding hydrogens is 224 g/mol. The van der Waals surface area contributed by atoms with Crippen molar-refractivity contribution in [3.8, 4) is 0 Å². The van der Waals surface area contributed by atoms with Crippen LogP contribution in [0.25, 0.3) is 0 Å². The molecule has 0 aliphatic heterocycles. The quantitative estimate of drug-likeness (QED) is 0.860. The lowest BCUT2D eigenvalue weighted by atomic mass is 9.78. The molecule has 1 aliphatic carbocycles. The maximum Gasteiger partial charge on any atom is 0.141 e. The van der Waals surface area contributed by atoms with E-state index in [-0.39, 0.29) is 5.78 Å². The minimum Gasteiger partial charge on any atom is -0.387 e. The molecule has 3 heteroatoms. The summed E-state index contributed by atoms with van der Waals surface area (Å²) in [6, 6.07) is 7.04. The van der Waals surface area contributed by atoms with Gasteiger partial charge in [0, 0.05) is 11.4 Å². The molecule has 1 fully saturated rings. The second kappa shape index (κ2) is 4.19. The molecule has 0 saturated heterocycles. The van der Waals surface area contributed by atoms with Crippen molar-refractivity contribution in [2.75, 3.05) is 0 Å². The Morgan fingerprint density at radius 2 is 2.00 bits per heavy atom. The van der Waals surface area contributed by atoms with Gasteiger partial charge in [0.2, 0.25) is 0 Å². The summed E-state index contributed by atoms with van der Waals surface area (Å²) in [5.41, 5.74) is 0.149. The molecule has 0 heterocycles. The van der Waals surface area contributed by atoms with Gasteiger partial charge in [-0.2, -0.15) is 0 Å². The maximum atomic E-state index is 11.8. The van der Waals surface area contributed by atoms with E-state index in [2.05, 4.69) is 0 Å². The molecule has 1 aliphatic rings. The van der Waals surface area contributed by atoms with Gasteiger partial charge in [0.1, 0.15) is 5.78 Å². The van der Waals surface area contributed by atoms with Gasteiger partial charge in [-0.05, 0) is 37.5 Å². The minimum atomic E-state index is -0.722. The molecule has 0 amide bonds. The number of ketones is 1. The highest BCUT2D eigenvalue weighted by molar-refractivity contribution is 6.30. The highest BCUT2D eigenvalue weighted by Crippen LogP contribution is 2.44. The van der Waals surface area contributed by atoms with Crippen molar-refractivity contribution >= 4 is 17.4 Å². The fourth-order valence-electron chi connectivity index (χ4n) is 2.34. The molecule has 2 nitrogen and oxygen atoms in total. The fraction of sp³-hybridized carbons (Fsp3) is 0.462. The normalized spacial score (nSPS) is 27.1. The topological polar surface area (TPSA) is 37.3 Å². The molecule has 2 atom stereocenters. The third-order valence-corrected chi connectivity index (χ3v) is 3.78. The third kappa shape index (κ3) is 1.87. The van der Waals surface area contributed by atoms with E-state index in [1.54, 1.807) is 24.3 Å². The van der Waals surface area contributed by atoms with Crippen molar-refractivity contribution < 1.29 is 9.90 Å². The van der Waals surface area contributed by atoms with Gasteiger partial charge in [0.25, 0.3) is 0 Å². The standard InChI is InChI=1S/C13H15ClO2/c1-13(8-2-3-11(13)15)12(16)9-4-6-10(14)7-5-9/h4-7,12,16H,2-3,8H2,1H3/t12-,13+/m1/s1. The Labute approximate surface area is 100 Å². The van der Waals surface area contributed by atoms with Crippen LogP contribution in [0.15, 0.2) is 24.3 Å². The van der Waals surface area contributed by atoms with Crippen LogP contribution in [-0.2, 0) is 4.79 Å². The zero-order valence-electron chi connectivity index (χ0n) is 9.24. The number of aliphatic hydroxyl groups is 1. The number of Topliss-reactive ketones (excluding diaryl/α,β-unsaturated/α-hetero) is 1. The number of rotatable bonds is 2. The van der Waals surface area contributed by atoms with Crippen LogP contribution in [0, 0.1) is 5.41 Å². The first kappa shape index (κ1) is 11.6. The van der Waals surface area contributed by atoms with Gasteiger partial charge in [0.15, 0.2) is 0 Å². The summed E-state index contributed by atoms with van der Waals surface area (Å²) in [5.74, 6) is 0.162. The second-order valence-corrected chi connectivity index (χ2v) is 5.08. The van der Waals surface area contributed by atoms with Crippen LogP contribution in [0.2, 0.25) is 5.02 Å². The fourth-order valence-corrected chi connectivity index (χ4v) is 2.47. The lowest BCUT2D eigenvalue weighted by Crippen LogP contribution is -2.29. The van der Waals surface area contributed by atoms with E-state index >= 15 is 0 Å². The Morgan fingerprint density at radius 3 is 2.50 bits per heavy atom. The first-order chi connectivity index (χ1) is 7.54. The number of hydrogen-bond acceptors (Lipinski definition) is 2. The Balaban J connectivity index is 2.27. The summed E-state index contributed by atoms with van der Waals surface area (Å²) in [4.78, 5) is 11.8. The van der Waals surface area contributed by atoms with E-state index in [1.807, 2.05) is 6.92 Å². The highest BCUT2D eigenvalue weighted by Gasteiger charge is 2.43. The van der Waals surface area contributed by atoms with Crippen LogP contribution in [0.1, 0.15) is 37.9 Å². The molecule has 0 aromatic heterocycles. The molecule has 0 unspecified atom stereocenters. The number of hydrogen-bond donors (Lipinski definition) is 1. The van der Waals surface area contributed by atoms with Crippen molar-refractivity contribution in [2.24, 2.45) is 5.41 Å². The minimum absolute atomic E-state index is 0.162. The van der Waals surface area contributed by atoms with Crippen LogP contribution in [-0.4, -0.2) is 10.9 Å². The molecule has 86 valence electrons. The summed E-state index contributed by atoms with van der Waals surface area (Å²) in [6.45, 7) is 1.85. The first-order valence-corrected chi connectivity index (χ1v) is 5.89.